The first kappa shape index (κ1) is 16.8. The number of hydrogen-bond donors (Lipinski definition) is 1. The molecule has 26 heavy (non-hydrogen) atoms. The molecule has 2 aromatic heterocycles. The van der Waals surface area contributed by atoms with Crippen molar-refractivity contribution in [1.29, 1.82) is 0 Å². The number of amides is 1. The molecule has 2 saturated heterocycles. The molecule has 1 N–H and O–H groups in total. The van der Waals surface area contributed by atoms with Crippen LogP contribution in [0.25, 0.3) is 0 Å². The van der Waals surface area contributed by atoms with E-state index in [9.17, 15) is 4.79 Å². The molecule has 0 unspecified atom stereocenters. The van der Waals surface area contributed by atoms with Gasteiger partial charge < -0.3 is 15.1 Å². The van der Waals surface area contributed by atoms with Gasteiger partial charge in [-0.2, -0.15) is 0 Å². The van der Waals surface area contributed by atoms with Gasteiger partial charge in [0.25, 0.3) is 5.91 Å². The average Bonchev–Trinajstić information content (AvgIpc) is 3.20. The van der Waals surface area contributed by atoms with Crippen molar-refractivity contribution in [2.45, 2.75) is 13.0 Å². The first-order valence-electron chi connectivity index (χ1n) is 8.92. The lowest BCUT2D eigenvalue weighted by Crippen LogP contribution is -2.32. The fourth-order valence-corrected chi connectivity index (χ4v) is 3.89. The normalized spacial score (nSPS) is 23.7. The van der Waals surface area contributed by atoms with Crippen molar-refractivity contribution < 1.29 is 4.79 Å². The van der Waals surface area contributed by atoms with Crippen molar-refractivity contribution in [3.05, 3.63) is 42.2 Å². The minimum Gasteiger partial charge on any atom is -0.346 e. The van der Waals surface area contributed by atoms with E-state index in [-0.39, 0.29) is 11.9 Å². The van der Waals surface area contributed by atoms with Crippen LogP contribution in [0.15, 0.2) is 31.0 Å². The number of nitrogens with zero attached hydrogens (tertiary/aromatic N) is 6. The Morgan fingerprint density at radius 1 is 1.08 bits per heavy atom. The zero-order chi connectivity index (χ0) is 18.1. The van der Waals surface area contributed by atoms with Gasteiger partial charge in [0.05, 0.1) is 23.5 Å². The summed E-state index contributed by atoms with van der Waals surface area (Å²) < 4.78 is 0. The van der Waals surface area contributed by atoms with E-state index >= 15 is 0 Å². The molecule has 2 fully saturated rings. The van der Waals surface area contributed by atoms with Crippen LogP contribution in [0, 0.1) is 11.8 Å². The predicted molar refractivity (Wildman–Crippen MR) is 96.5 cm³/mol. The molecule has 0 spiro atoms. The molecule has 0 saturated carbocycles. The molecule has 0 aliphatic carbocycles. The van der Waals surface area contributed by atoms with E-state index in [1.54, 1.807) is 31.0 Å². The monoisotopic (exact) mass is 353 g/mol. The summed E-state index contributed by atoms with van der Waals surface area (Å²) in [6, 6.07) is -0.0693. The molecular formula is C18H23N7O. The van der Waals surface area contributed by atoms with Crippen LogP contribution in [0.5, 0.6) is 0 Å². The molecule has 3 atom stereocenters. The van der Waals surface area contributed by atoms with E-state index in [0.717, 1.165) is 31.9 Å². The summed E-state index contributed by atoms with van der Waals surface area (Å²) in [5, 5.41) is 3.18. The summed E-state index contributed by atoms with van der Waals surface area (Å²) in [6.45, 7) is 5.78. The molecule has 8 heteroatoms. The number of fused-ring (bicyclic) bond motifs is 1. The lowest BCUT2D eigenvalue weighted by Gasteiger charge is -2.19. The van der Waals surface area contributed by atoms with Gasteiger partial charge >= 0.3 is 0 Å². The molecule has 2 aliphatic heterocycles. The van der Waals surface area contributed by atoms with Crippen molar-refractivity contribution in [2.24, 2.45) is 11.8 Å². The zero-order valence-corrected chi connectivity index (χ0v) is 15.0. The van der Waals surface area contributed by atoms with E-state index in [2.05, 4.69) is 37.2 Å². The fraction of sp³-hybridized carbons (Fsp3) is 0.500. The van der Waals surface area contributed by atoms with Crippen LogP contribution in [0.3, 0.4) is 0 Å². The van der Waals surface area contributed by atoms with Crippen LogP contribution in [0.2, 0.25) is 0 Å². The average molecular weight is 353 g/mol. The maximum Gasteiger partial charge on any atom is 0.257 e. The number of hydrogen-bond acceptors (Lipinski definition) is 7. The highest BCUT2D eigenvalue weighted by Crippen LogP contribution is 2.30. The molecule has 1 amide bonds. The smallest absolute Gasteiger partial charge is 0.257 e. The van der Waals surface area contributed by atoms with E-state index in [0.29, 0.717) is 23.3 Å². The molecule has 0 aromatic carbocycles. The van der Waals surface area contributed by atoms with Gasteiger partial charge in [-0.1, -0.05) is 0 Å². The Hall–Kier alpha value is -2.61. The number of carbonyl (C=O) groups is 1. The van der Waals surface area contributed by atoms with Crippen molar-refractivity contribution in [2.75, 3.05) is 38.5 Å². The Labute approximate surface area is 152 Å². The largest absolute Gasteiger partial charge is 0.346 e. The van der Waals surface area contributed by atoms with E-state index in [1.807, 2.05) is 11.8 Å². The van der Waals surface area contributed by atoms with E-state index in [1.165, 1.54) is 0 Å². The van der Waals surface area contributed by atoms with E-state index < -0.39 is 0 Å². The number of likely N-dealkylation sites (tertiary alicyclic amines) is 2. The molecule has 4 heterocycles. The van der Waals surface area contributed by atoms with Crippen LogP contribution in [0.1, 0.15) is 29.0 Å². The van der Waals surface area contributed by atoms with Gasteiger partial charge in [0, 0.05) is 51.0 Å². The fourth-order valence-electron chi connectivity index (χ4n) is 3.89. The van der Waals surface area contributed by atoms with Crippen LogP contribution < -0.4 is 5.32 Å². The molecule has 8 nitrogen and oxygen atoms in total. The second kappa shape index (κ2) is 6.95. The number of aromatic nitrogens is 4. The van der Waals surface area contributed by atoms with Crippen LogP contribution >= 0.6 is 0 Å². The third-order valence-electron chi connectivity index (χ3n) is 5.23. The highest BCUT2D eigenvalue weighted by Gasteiger charge is 2.40. The summed E-state index contributed by atoms with van der Waals surface area (Å²) in [5.74, 6) is 1.69. The maximum absolute atomic E-state index is 12.7. The quantitative estimate of drug-likeness (QED) is 0.880. The second-order valence-corrected chi connectivity index (χ2v) is 7.24. The number of rotatable bonds is 4. The minimum absolute atomic E-state index is 0.0237. The molecule has 4 rings (SSSR count). The van der Waals surface area contributed by atoms with Crippen molar-refractivity contribution in [1.82, 2.24) is 29.7 Å². The van der Waals surface area contributed by atoms with Gasteiger partial charge in [-0.15, -0.1) is 0 Å². The Morgan fingerprint density at radius 2 is 1.77 bits per heavy atom. The number of anilines is 1. The van der Waals surface area contributed by atoms with Crippen LogP contribution in [-0.2, 0) is 0 Å². The standard InChI is InChI=1S/C18H23N7O/c1-12(16-7-19-3-4-20-16)23-18-21-5-13(6-22-18)17(26)25-10-14-8-24(2)9-15(14)11-25/h3-7,12,14-15H,8-11H2,1-2H3,(H,21,22,23)/t12-,14-,15+/m0/s1. The molecule has 2 aromatic rings. The lowest BCUT2D eigenvalue weighted by atomic mass is 10.0. The van der Waals surface area contributed by atoms with Crippen molar-refractivity contribution in [3.63, 3.8) is 0 Å². The third kappa shape index (κ3) is 3.37. The Kier molecular flexibility index (Phi) is 4.50. The van der Waals surface area contributed by atoms with E-state index in [4.69, 9.17) is 0 Å². The topological polar surface area (TPSA) is 87.1 Å². The number of carbonyl (C=O) groups excluding carboxylic acids is 1. The van der Waals surface area contributed by atoms with Crippen LogP contribution in [0.4, 0.5) is 5.95 Å². The Bertz CT molecular complexity index is 753. The zero-order valence-electron chi connectivity index (χ0n) is 15.0. The van der Waals surface area contributed by atoms with Gasteiger partial charge in [0.2, 0.25) is 5.95 Å². The molecule has 0 bridgehead atoms. The Balaban J connectivity index is 1.38. The van der Waals surface area contributed by atoms with Gasteiger partial charge in [-0.05, 0) is 25.8 Å². The number of nitrogens with one attached hydrogen (secondary N) is 1. The molecule has 136 valence electrons. The summed E-state index contributed by atoms with van der Waals surface area (Å²) >= 11 is 0. The van der Waals surface area contributed by atoms with Gasteiger partial charge in [0.15, 0.2) is 0 Å². The SMILES string of the molecule is C[C@H](Nc1ncc(C(=O)N2C[C@H]3CN(C)C[C@H]3C2)cn1)c1cnccn1. The van der Waals surface area contributed by atoms with Crippen molar-refractivity contribution >= 4 is 11.9 Å². The van der Waals surface area contributed by atoms with Gasteiger partial charge in [-0.25, -0.2) is 9.97 Å². The molecule has 2 aliphatic rings. The summed E-state index contributed by atoms with van der Waals surface area (Å²) in [5.41, 5.74) is 1.35. The Morgan fingerprint density at radius 3 is 2.38 bits per heavy atom. The summed E-state index contributed by atoms with van der Waals surface area (Å²) in [6.07, 6.45) is 8.19. The molecular weight excluding hydrogens is 330 g/mol. The lowest BCUT2D eigenvalue weighted by molar-refractivity contribution is 0.0775. The van der Waals surface area contributed by atoms with Crippen molar-refractivity contribution in [3.8, 4) is 0 Å². The maximum atomic E-state index is 12.7. The highest BCUT2D eigenvalue weighted by molar-refractivity contribution is 5.94. The van der Waals surface area contributed by atoms with Crippen LogP contribution in [-0.4, -0.2) is 68.9 Å². The predicted octanol–water partition coefficient (Wildman–Crippen LogP) is 1.07. The second-order valence-electron chi connectivity index (χ2n) is 7.24. The summed E-state index contributed by atoms with van der Waals surface area (Å²) in [7, 11) is 2.14. The molecule has 0 radical (unpaired) electrons. The first-order valence-corrected chi connectivity index (χ1v) is 8.92. The highest BCUT2D eigenvalue weighted by atomic mass is 16.2. The summed E-state index contributed by atoms with van der Waals surface area (Å²) in [4.78, 5) is 33.9. The first-order chi connectivity index (χ1) is 12.6. The van der Waals surface area contributed by atoms with Gasteiger partial charge in [-0.3, -0.25) is 14.8 Å². The van der Waals surface area contributed by atoms with Gasteiger partial charge in [0.1, 0.15) is 0 Å². The third-order valence-corrected chi connectivity index (χ3v) is 5.23. The minimum atomic E-state index is -0.0693.